The van der Waals surface area contributed by atoms with E-state index in [-0.39, 0.29) is 29.5 Å². The zero-order valence-electron chi connectivity index (χ0n) is 16.5. The number of aryl methyl sites for hydroxylation is 2. The molecule has 0 saturated carbocycles. The van der Waals surface area contributed by atoms with Crippen LogP contribution < -0.4 is 20.7 Å². The molecule has 0 aliphatic carbocycles. The monoisotopic (exact) mass is 399 g/mol. The summed E-state index contributed by atoms with van der Waals surface area (Å²) in [6.45, 7) is 7.44. The molecule has 0 saturated heterocycles. The molecule has 0 aliphatic heterocycles. The van der Waals surface area contributed by atoms with Crippen molar-refractivity contribution < 1.29 is 14.3 Å². The van der Waals surface area contributed by atoms with Gasteiger partial charge in [0, 0.05) is 17.3 Å². The molecule has 7 heteroatoms. The van der Waals surface area contributed by atoms with Gasteiger partial charge < -0.3 is 15.4 Å². The van der Waals surface area contributed by atoms with Crippen molar-refractivity contribution >= 4 is 40.5 Å². The van der Waals surface area contributed by atoms with Crippen molar-refractivity contribution in [3.8, 4) is 5.75 Å². The molecule has 0 fully saturated rings. The largest absolute Gasteiger partial charge is 0.484 e. The molecular formula is C21H25N3O3S. The van der Waals surface area contributed by atoms with Gasteiger partial charge in [0.05, 0.1) is 0 Å². The Morgan fingerprint density at radius 1 is 1.00 bits per heavy atom. The maximum absolute atomic E-state index is 12.1. The van der Waals surface area contributed by atoms with E-state index < -0.39 is 0 Å². The summed E-state index contributed by atoms with van der Waals surface area (Å²) >= 11 is 5.17. The highest BCUT2D eigenvalue weighted by Crippen LogP contribution is 2.17. The topological polar surface area (TPSA) is 79.5 Å². The van der Waals surface area contributed by atoms with Crippen molar-refractivity contribution in [3.63, 3.8) is 0 Å². The van der Waals surface area contributed by atoms with E-state index >= 15 is 0 Å². The van der Waals surface area contributed by atoms with Crippen molar-refractivity contribution in [3.05, 3.63) is 53.6 Å². The maximum atomic E-state index is 12.1. The molecular weight excluding hydrogens is 374 g/mol. The summed E-state index contributed by atoms with van der Waals surface area (Å²) < 4.78 is 5.52. The quantitative estimate of drug-likeness (QED) is 0.644. The van der Waals surface area contributed by atoms with Gasteiger partial charge in [-0.3, -0.25) is 14.9 Å². The van der Waals surface area contributed by atoms with Crippen molar-refractivity contribution in [2.24, 2.45) is 5.92 Å². The van der Waals surface area contributed by atoms with Crippen LogP contribution in [0, 0.1) is 19.8 Å². The van der Waals surface area contributed by atoms with Crippen LogP contribution in [-0.2, 0) is 9.59 Å². The normalized spacial score (nSPS) is 10.3. The van der Waals surface area contributed by atoms with E-state index in [9.17, 15) is 9.59 Å². The fraction of sp³-hybridized carbons (Fsp3) is 0.286. The average Bonchev–Trinajstić information content (AvgIpc) is 2.59. The lowest BCUT2D eigenvalue weighted by Gasteiger charge is -2.13. The van der Waals surface area contributed by atoms with Gasteiger partial charge in [0.1, 0.15) is 5.75 Å². The Bertz CT molecular complexity index is 861. The molecule has 6 nitrogen and oxygen atoms in total. The summed E-state index contributed by atoms with van der Waals surface area (Å²) in [5.41, 5.74) is 3.44. The second-order valence-electron chi connectivity index (χ2n) is 6.84. The predicted molar refractivity (Wildman–Crippen MR) is 116 cm³/mol. The Morgan fingerprint density at radius 2 is 1.61 bits per heavy atom. The van der Waals surface area contributed by atoms with Crippen molar-refractivity contribution in [2.75, 3.05) is 17.2 Å². The molecule has 2 aromatic rings. The number of nitrogens with one attached hydrogen (secondary N) is 3. The summed E-state index contributed by atoms with van der Waals surface area (Å²) in [4.78, 5) is 23.8. The Morgan fingerprint density at radius 3 is 2.21 bits per heavy atom. The van der Waals surface area contributed by atoms with Gasteiger partial charge >= 0.3 is 0 Å². The smallest absolute Gasteiger partial charge is 0.264 e. The molecule has 0 aliphatic rings. The molecule has 28 heavy (non-hydrogen) atoms. The Kier molecular flexibility index (Phi) is 7.52. The minimum Gasteiger partial charge on any atom is -0.484 e. The Balaban J connectivity index is 1.86. The molecule has 3 N–H and O–H groups in total. The molecule has 0 atom stereocenters. The van der Waals surface area contributed by atoms with E-state index in [1.54, 1.807) is 24.3 Å². The van der Waals surface area contributed by atoms with Crippen LogP contribution in [0.25, 0.3) is 0 Å². The lowest BCUT2D eigenvalue weighted by molar-refractivity contribution is -0.121. The number of anilines is 2. The average molecular weight is 400 g/mol. The highest BCUT2D eigenvalue weighted by atomic mass is 32.1. The van der Waals surface area contributed by atoms with Crippen LogP contribution in [0.15, 0.2) is 42.5 Å². The van der Waals surface area contributed by atoms with E-state index in [0.717, 1.165) is 11.1 Å². The zero-order valence-corrected chi connectivity index (χ0v) is 17.3. The van der Waals surface area contributed by atoms with Gasteiger partial charge in [-0.2, -0.15) is 0 Å². The second-order valence-corrected chi connectivity index (χ2v) is 7.25. The SMILES string of the molecule is Cc1cc(C)cc(OCC(=O)NC(=S)Nc2cccc(NC(=O)C(C)C)c2)c1. The second kappa shape index (κ2) is 9.85. The van der Waals surface area contributed by atoms with E-state index in [2.05, 4.69) is 16.0 Å². The van der Waals surface area contributed by atoms with Crippen LogP contribution >= 0.6 is 12.2 Å². The van der Waals surface area contributed by atoms with E-state index in [1.165, 1.54) is 0 Å². The maximum Gasteiger partial charge on any atom is 0.264 e. The molecule has 0 bridgehead atoms. The van der Waals surface area contributed by atoms with E-state index in [1.807, 2.05) is 45.9 Å². The number of benzene rings is 2. The van der Waals surface area contributed by atoms with Crippen LogP contribution in [-0.4, -0.2) is 23.5 Å². The summed E-state index contributed by atoms with van der Waals surface area (Å²) in [6, 6.07) is 12.9. The first-order valence-electron chi connectivity index (χ1n) is 8.96. The number of hydrogen-bond acceptors (Lipinski definition) is 4. The summed E-state index contributed by atoms with van der Waals surface area (Å²) in [7, 11) is 0. The van der Waals surface area contributed by atoms with Crippen molar-refractivity contribution in [1.82, 2.24) is 5.32 Å². The predicted octanol–water partition coefficient (Wildman–Crippen LogP) is 3.79. The van der Waals surface area contributed by atoms with Gasteiger partial charge in [-0.15, -0.1) is 0 Å². The first-order chi connectivity index (χ1) is 13.2. The first-order valence-corrected chi connectivity index (χ1v) is 9.36. The summed E-state index contributed by atoms with van der Waals surface area (Å²) in [5, 5.41) is 8.47. The molecule has 2 aromatic carbocycles. The molecule has 0 radical (unpaired) electrons. The van der Waals surface area contributed by atoms with Crippen molar-refractivity contribution in [2.45, 2.75) is 27.7 Å². The number of thiocarbonyl (C=S) groups is 1. The summed E-state index contributed by atoms with van der Waals surface area (Å²) in [5.74, 6) is 0.0896. The molecule has 0 unspecified atom stereocenters. The molecule has 2 rings (SSSR count). The van der Waals surface area contributed by atoms with Crippen LogP contribution in [0.2, 0.25) is 0 Å². The minimum atomic E-state index is -0.360. The fourth-order valence-corrected chi connectivity index (χ4v) is 2.68. The fourth-order valence-electron chi connectivity index (χ4n) is 2.45. The number of rotatable bonds is 6. The highest BCUT2D eigenvalue weighted by molar-refractivity contribution is 7.80. The third kappa shape index (κ3) is 7.00. The van der Waals surface area contributed by atoms with Gasteiger partial charge in [0.2, 0.25) is 5.91 Å². The molecule has 148 valence electrons. The van der Waals surface area contributed by atoms with Crippen LogP contribution in [0.4, 0.5) is 11.4 Å². The molecule has 0 aromatic heterocycles. The molecule has 0 spiro atoms. The van der Waals surface area contributed by atoms with Crippen LogP contribution in [0.3, 0.4) is 0 Å². The number of ether oxygens (including phenoxy) is 1. The van der Waals surface area contributed by atoms with Gasteiger partial charge in [0.15, 0.2) is 11.7 Å². The van der Waals surface area contributed by atoms with E-state index in [4.69, 9.17) is 17.0 Å². The number of carbonyl (C=O) groups is 2. The molecule has 0 heterocycles. The summed E-state index contributed by atoms with van der Waals surface area (Å²) in [6.07, 6.45) is 0. The van der Waals surface area contributed by atoms with Crippen LogP contribution in [0.1, 0.15) is 25.0 Å². The number of carbonyl (C=O) groups excluding carboxylic acids is 2. The number of hydrogen-bond donors (Lipinski definition) is 3. The Hall–Kier alpha value is -2.93. The minimum absolute atomic E-state index is 0.0726. The van der Waals surface area contributed by atoms with Gasteiger partial charge in [0.25, 0.3) is 5.91 Å². The first kappa shape index (κ1) is 21.4. The molecule has 2 amide bonds. The van der Waals surface area contributed by atoms with Gasteiger partial charge in [-0.25, -0.2) is 0 Å². The zero-order chi connectivity index (χ0) is 20.7. The van der Waals surface area contributed by atoms with Gasteiger partial charge in [-0.05, 0) is 67.5 Å². The highest BCUT2D eigenvalue weighted by Gasteiger charge is 2.09. The van der Waals surface area contributed by atoms with Crippen molar-refractivity contribution in [1.29, 1.82) is 0 Å². The standard InChI is InChI=1S/C21H25N3O3S/c1-13(2)20(26)22-16-6-5-7-17(11-16)23-21(28)24-19(25)12-27-18-9-14(3)8-15(4)10-18/h5-11,13H,12H2,1-4H3,(H,22,26)(H2,23,24,25,28). The Labute approximate surface area is 170 Å². The van der Waals surface area contributed by atoms with E-state index in [0.29, 0.717) is 17.1 Å². The lowest BCUT2D eigenvalue weighted by atomic mass is 10.1. The van der Waals surface area contributed by atoms with Gasteiger partial charge in [-0.1, -0.05) is 26.0 Å². The third-order valence-corrected chi connectivity index (χ3v) is 3.93. The number of amides is 2. The lowest BCUT2D eigenvalue weighted by Crippen LogP contribution is -2.37. The third-order valence-electron chi connectivity index (χ3n) is 3.73. The van der Waals surface area contributed by atoms with Crippen LogP contribution in [0.5, 0.6) is 5.75 Å².